The Kier molecular flexibility index (Phi) is 3.88. The molecule has 0 aliphatic rings. The van der Waals surface area contributed by atoms with Gasteiger partial charge in [0.15, 0.2) is 5.78 Å². The van der Waals surface area contributed by atoms with Crippen molar-refractivity contribution in [2.45, 2.75) is 13.3 Å². The van der Waals surface area contributed by atoms with E-state index in [1.54, 1.807) is 13.0 Å². The van der Waals surface area contributed by atoms with Crippen molar-refractivity contribution in [1.29, 1.82) is 5.26 Å². The van der Waals surface area contributed by atoms with Gasteiger partial charge in [-0.3, -0.25) is 14.9 Å². The van der Waals surface area contributed by atoms with Crippen LogP contribution in [0.3, 0.4) is 0 Å². The van der Waals surface area contributed by atoms with Crippen LogP contribution >= 0.6 is 0 Å². The molecule has 0 fully saturated rings. The Morgan fingerprint density at radius 2 is 2.29 bits per heavy atom. The molecule has 17 heavy (non-hydrogen) atoms. The van der Waals surface area contributed by atoms with E-state index in [1.807, 2.05) is 0 Å². The third kappa shape index (κ3) is 2.64. The molecule has 0 heterocycles. The summed E-state index contributed by atoms with van der Waals surface area (Å²) in [6.07, 6.45) is 0.270. The van der Waals surface area contributed by atoms with Crippen LogP contribution in [0.4, 0.5) is 10.1 Å². The number of halogens is 1. The summed E-state index contributed by atoms with van der Waals surface area (Å²) >= 11 is 0. The van der Waals surface area contributed by atoms with Crippen molar-refractivity contribution in [3.8, 4) is 6.07 Å². The van der Waals surface area contributed by atoms with E-state index in [0.29, 0.717) is 6.07 Å². The van der Waals surface area contributed by atoms with Crippen LogP contribution in [0.1, 0.15) is 23.7 Å². The lowest BCUT2D eigenvalue weighted by Crippen LogP contribution is -2.13. The summed E-state index contributed by atoms with van der Waals surface area (Å²) in [7, 11) is 0. The molecule has 1 unspecified atom stereocenters. The minimum absolute atomic E-state index is 0.270. The second-order valence-electron chi connectivity index (χ2n) is 3.38. The molecule has 0 N–H and O–H groups in total. The van der Waals surface area contributed by atoms with Crippen LogP contribution in [0, 0.1) is 33.2 Å². The molecular formula is C11H9FN2O3. The molecule has 1 aromatic carbocycles. The van der Waals surface area contributed by atoms with E-state index < -0.39 is 28.1 Å². The molecule has 0 saturated heterocycles. The smallest absolute Gasteiger partial charge is 0.272 e. The van der Waals surface area contributed by atoms with E-state index in [1.165, 1.54) is 0 Å². The van der Waals surface area contributed by atoms with E-state index in [-0.39, 0.29) is 12.0 Å². The molecule has 0 aromatic heterocycles. The van der Waals surface area contributed by atoms with Gasteiger partial charge >= 0.3 is 0 Å². The maximum Gasteiger partial charge on any atom is 0.272 e. The summed E-state index contributed by atoms with van der Waals surface area (Å²) < 4.78 is 13.5. The fraction of sp³-hybridized carbons (Fsp3) is 0.273. The Bertz CT molecular complexity index is 508. The number of nitro benzene ring substituents is 1. The van der Waals surface area contributed by atoms with Gasteiger partial charge in [0.2, 0.25) is 0 Å². The molecule has 88 valence electrons. The van der Waals surface area contributed by atoms with Gasteiger partial charge in [-0.25, -0.2) is 4.39 Å². The van der Waals surface area contributed by atoms with Crippen molar-refractivity contribution in [2.24, 2.45) is 5.92 Å². The maximum absolute atomic E-state index is 13.5. The monoisotopic (exact) mass is 236 g/mol. The standard InChI is InChI=1S/C11H9FN2O3/c1-2-7(6-13)11(15)9-4-3-8(14(16)17)5-10(9)12/h3-5,7H,2H2,1H3. The predicted octanol–water partition coefficient (Wildman–Crippen LogP) is 2.47. The number of nitriles is 1. The second kappa shape index (κ2) is 5.16. The number of ketones is 1. The molecule has 1 rings (SSSR count). The fourth-order valence-electron chi connectivity index (χ4n) is 1.34. The number of non-ortho nitro benzene ring substituents is 1. The van der Waals surface area contributed by atoms with Crippen LogP contribution in [0.5, 0.6) is 0 Å². The predicted molar refractivity (Wildman–Crippen MR) is 56.8 cm³/mol. The second-order valence-corrected chi connectivity index (χ2v) is 3.38. The average molecular weight is 236 g/mol. The molecule has 0 saturated carbocycles. The van der Waals surface area contributed by atoms with Gasteiger partial charge in [-0.05, 0) is 12.5 Å². The van der Waals surface area contributed by atoms with Crippen LogP contribution in [0.15, 0.2) is 18.2 Å². The van der Waals surface area contributed by atoms with Crippen LogP contribution < -0.4 is 0 Å². The van der Waals surface area contributed by atoms with Gasteiger partial charge in [0, 0.05) is 6.07 Å². The number of nitro groups is 1. The molecule has 1 atom stereocenters. The third-order valence-electron chi connectivity index (χ3n) is 2.31. The molecule has 5 nitrogen and oxygen atoms in total. The Labute approximate surface area is 96.6 Å². The van der Waals surface area contributed by atoms with E-state index in [4.69, 9.17) is 5.26 Å². The Morgan fingerprint density at radius 3 is 2.71 bits per heavy atom. The number of carbonyl (C=O) groups is 1. The lowest BCUT2D eigenvalue weighted by molar-refractivity contribution is -0.385. The number of hydrogen-bond acceptors (Lipinski definition) is 4. The lowest BCUT2D eigenvalue weighted by Gasteiger charge is -2.05. The third-order valence-corrected chi connectivity index (χ3v) is 2.31. The quantitative estimate of drug-likeness (QED) is 0.456. The number of Topliss-reactive ketones (excluding diaryl/α,β-unsaturated/α-hetero) is 1. The molecular weight excluding hydrogens is 227 g/mol. The van der Waals surface area contributed by atoms with Crippen molar-refractivity contribution in [3.05, 3.63) is 39.7 Å². The minimum atomic E-state index is -0.974. The van der Waals surface area contributed by atoms with Gasteiger partial charge in [-0.15, -0.1) is 0 Å². The van der Waals surface area contributed by atoms with Crippen molar-refractivity contribution >= 4 is 11.5 Å². The average Bonchev–Trinajstić information content (AvgIpc) is 2.30. The summed E-state index contributed by atoms with van der Waals surface area (Å²) in [4.78, 5) is 21.3. The summed E-state index contributed by atoms with van der Waals surface area (Å²) in [6, 6.07) is 4.52. The normalized spacial score (nSPS) is 11.6. The number of nitrogens with zero attached hydrogens (tertiary/aromatic N) is 2. The van der Waals surface area contributed by atoms with Gasteiger partial charge in [0.05, 0.1) is 22.6 Å². The molecule has 0 radical (unpaired) electrons. The number of benzene rings is 1. The highest BCUT2D eigenvalue weighted by molar-refractivity contribution is 5.99. The summed E-state index contributed by atoms with van der Waals surface area (Å²) in [5, 5.41) is 19.1. The fourth-order valence-corrected chi connectivity index (χ4v) is 1.34. The first kappa shape index (κ1) is 12.8. The molecule has 0 spiro atoms. The first-order valence-electron chi connectivity index (χ1n) is 4.89. The topological polar surface area (TPSA) is 84.0 Å². The highest BCUT2D eigenvalue weighted by atomic mass is 19.1. The van der Waals surface area contributed by atoms with E-state index in [9.17, 15) is 19.3 Å². The largest absolute Gasteiger partial charge is 0.293 e. The van der Waals surface area contributed by atoms with Crippen molar-refractivity contribution in [3.63, 3.8) is 0 Å². The van der Waals surface area contributed by atoms with Crippen molar-refractivity contribution in [1.82, 2.24) is 0 Å². The van der Waals surface area contributed by atoms with Gasteiger partial charge < -0.3 is 0 Å². The van der Waals surface area contributed by atoms with E-state index >= 15 is 0 Å². The number of rotatable bonds is 4. The first-order valence-corrected chi connectivity index (χ1v) is 4.89. The molecule has 6 heteroatoms. The maximum atomic E-state index is 13.5. The first-order chi connectivity index (χ1) is 8.01. The zero-order valence-electron chi connectivity index (χ0n) is 9.01. The zero-order valence-corrected chi connectivity index (χ0v) is 9.01. The van der Waals surface area contributed by atoms with Crippen molar-refractivity contribution < 1.29 is 14.1 Å². The number of carbonyl (C=O) groups excluding carboxylic acids is 1. The SMILES string of the molecule is CCC(C#N)C(=O)c1ccc([N+](=O)[O-])cc1F. The van der Waals surface area contributed by atoms with Crippen LogP contribution in [0.2, 0.25) is 0 Å². The lowest BCUT2D eigenvalue weighted by atomic mass is 9.96. The van der Waals surface area contributed by atoms with Gasteiger partial charge in [0.1, 0.15) is 11.7 Å². The minimum Gasteiger partial charge on any atom is -0.293 e. The summed E-state index contributed by atoms with van der Waals surface area (Å²) in [6.45, 7) is 1.63. The highest BCUT2D eigenvalue weighted by Gasteiger charge is 2.22. The summed E-state index contributed by atoms with van der Waals surface area (Å²) in [5.74, 6) is -2.55. The molecule has 0 amide bonds. The zero-order chi connectivity index (χ0) is 13.0. The number of hydrogen-bond donors (Lipinski definition) is 0. The van der Waals surface area contributed by atoms with Crippen LogP contribution in [-0.2, 0) is 0 Å². The summed E-state index contributed by atoms with van der Waals surface area (Å²) in [5.41, 5.74) is -0.715. The molecule has 0 bridgehead atoms. The van der Waals surface area contributed by atoms with Gasteiger partial charge in [-0.1, -0.05) is 6.92 Å². The van der Waals surface area contributed by atoms with Crippen LogP contribution in [0.25, 0.3) is 0 Å². The molecule has 1 aromatic rings. The Balaban J connectivity index is 3.13. The van der Waals surface area contributed by atoms with Gasteiger partial charge in [-0.2, -0.15) is 5.26 Å². The Hall–Kier alpha value is -2.29. The van der Waals surface area contributed by atoms with E-state index in [0.717, 1.165) is 12.1 Å². The van der Waals surface area contributed by atoms with Crippen molar-refractivity contribution in [2.75, 3.05) is 0 Å². The molecule has 0 aliphatic heterocycles. The van der Waals surface area contributed by atoms with E-state index in [2.05, 4.69) is 0 Å². The molecule has 0 aliphatic carbocycles. The highest BCUT2D eigenvalue weighted by Crippen LogP contribution is 2.20. The van der Waals surface area contributed by atoms with Gasteiger partial charge in [0.25, 0.3) is 5.69 Å². The van der Waals surface area contributed by atoms with Crippen LogP contribution in [-0.4, -0.2) is 10.7 Å². The Morgan fingerprint density at radius 1 is 1.65 bits per heavy atom.